The van der Waals surface area contributed by atoms with Crippen molar-refractivity contribution in [2.45, 2.75) is 30.3 Å². The lowest BCUT2D eigenvalue weighted by molar-refractivity contribution is 0.378. The minimum absolute atomic E-state index is 0.182. The van der Waals surface area contributed by atoms with Crippen LogP contribution in [0.2, 0.25) is 0 Å². The Bertz CT molecular complexity index is 759. The minimum Gasteiger partial charge on any atom is -0.304 e. The highest BCUT2D eigenvalue weighted by atomic mass is 32.2. The molecule has 0 aliphatic carbocycles. The van der Waals surface area contributed by atoms with E-state index in [9.17, 15) is 8.42 Å². The second-order valence-corrected chi connectivity index (χ2v) is 7.77. The summed E-state index contributed by atoms with van der Waals surface area (Å²) in [5.74, 6) is 0. The van der Waals surface area contributed by atoms with Crippen LogP contribution in [0.25, 0.3) is 0 Å². The van der Waals surface area contributed by atoms with Crippen molar-refractivity contribution in [1.82, 2.24) is 29.4 Å². The van der Waals surface area contributed by atoms with Gasteiger partial charge in [-0.05, 0) is 26.9 Å². The highest BCUT2D eigenvalue weighted by Crippen LogP contribution is 2.35. The van der Waals surface area contributed by atoms with Gasteiger partial charge in [0.25, 0.3) is 0 Å². The fraction of sp³-hybridized carbons (Fsp3) is 0.500. The highest BCUT2D eigenvalue weighted by molar-refractivity contribution is 7.89. The first kappa shape index (κ1) is 16.0. The molecule has 1 N–H and O–H groups in total. The Morgan fingerprint density at radius 3 is 2.87 bits per heavy atom. The van der Waals surface area contributed by atoms with Crippen molar-refractivity contribution in [1.29, 1.82) is 0 Å². The van der Waals surface area contributed by atoms with Crippen molar-refractivity contribution in [3.63, 3.8) is 0 Å². The van der Waals surface area contributed by atoms with Gasteiger partial charge < -0.3 is 4.90 Å². The largest absolute Gasteiger partial charge is 0.304 e. The summed E-state index contributed by atoms with van der Waals surface area (Å²) in [6, 6.07) is -0.274. The molecule has 3 rings (SSSR count). The molecule has 0 spiro atoms. The average Bonchev–Trinajstić information content (AvgIpc) is 3.19. The normalized spacial score (nSPS) is 19.5. The van der Waals surface area contributed by atoms with Gasteiger partial charge in [-0.25, -0.2) is 8.42 Å². The van der Waals surface area contributed by atoms with Crippen molar-refractivity contribution in [3.8, 4) is 0 Å². The SMILES string of the molecule is CN(C)Cc1cncc([C@H]2CCCN2S(=O)(=O)c2cn[nH]c2)n1. The monoisotopic (exact) mass is 336 g/mol. The zero-order valence-electron chi connectivity index (χ0n) is 13.2. The lowest BCUT2D eigenvalue weighted by Crippen LogP contribution is -2.31. The van der Waals surface area contributed by atoms with Gasteiger partial charge in [-0.2, -0.15) is 9.40 Å². The lowest BCUT2D eigenvalue weighted by Gasteiger charge is -2.23. The Labute approximate surface area is 135 Å². The Kier molecular flexibility index (Phi) is 4.42. The molecule has 1 aliphatic heterocycles. The van der Waals surface area contributed by atoms with Crippen LogP contribution in [-0.2, 0) is 16.6 Å². The molecule has 8 nitrogen and oxygen atoms in total. The number of hydrogen-bond donors (Lipinski definition) is 1. The molecular weight excluding hydrogens is 316 g/mol. The van der Waals surface area contributed by atoms with E-state index < -0.39 is 10.0 Å². The van der Waals surface area contributed by atoms with Crippen LogP contribution in [0.5, 0.6) is 0 Å². The zero-order chi connectivity index (χ0) is 16.4. The van der Waals surface area contributed by atoms with Crippen LogP contribution in [0.15, 0.2) is 29.7 Å². The van der Waals surface area contributed by atoms with E-state index >= 15 is 0 Å². The van der Waals surface area contributed by atoms with E-state index in [1.54, 1.807) is 12.4 Å². The molecule has 9 heteroatoms. The molecule has 0 bridgehead atoms. The van der Waals surface area contributed by atoms with E-state index in [0.29, 0.717) is 18.8 Å². The molecule has 1 saturated heterocycles. The predicted octanol–water partition coefficient (Wildman–Crippen LogP) is 0.787. The summed E-state index contributed by atoms with van der Waals surface area (Å²) in [5, 5.41) is 6.30. The molecule has 0 saturated carbocycles. The summed E-state index contributed by atoms with van der Waals surface area (Å²) in [4.78, 5) is 11.0. The topological polar surface area (TPSA) is 95.1 Å². The van der Waals surface area contributed by atoms with Crippen LogP contribution in [0.4, 0.5) is 0 Å². The molecule has 124 valence electrons. The van der Waals surface area contributed by atoms with Gasteiger partial charge >= 0.3 is 0 Å². The number of nitrogens with zero attached hydrogens (tertiary/aromatic N) is 5. The number of nitrogens with one attached hydrogen (secondary N) is 1. The Balaban J connectivity index is 1.90. The van der Waals surface area contributed by atoms with Crippen LogP contribution < -0.4 is 0 Å². The summed E-state index contributed by atoms with van der Waals surface area (Å²) < 4.78 is 27.0. The van der Waals surface area contributed by atoms with E-state index in [2.05, 4.69) is 20.2 Å². The third-order valence-corrected chi connectivity index (χ3v) is 5.68. The fourth-order valence-corrected chi connectivity index (χ4v) is 4.40. The van der Waals surface area contributed by atoms with Gasteiger partial charge in [0.15, 0.2) is 0 Å². The van der Waals surface area contributed by atoms with Crippen LogP contribution in [0.3, 0.4) is 0 Å². The first-order valence-corrected chi connectivity index (χ1v) is 8.88. The van der Waals surface area contributed by atoms with Crippen molar-refractivity contribution < 1.29 is 8.42 Å². The third kappa shape index (κ3) is 3.26. The molecule has 0 radical (unpaired) electrons. The van der Waals surface area contributed by atoms with Crippen LogP contribution in [-0.4, -0.2) is 58.4 Å². The average molecular weight is 336 g/mol. The smallest absolute Gasteiger partial charge is 0.246 e. The van der Waals surface area contributed by atoms with Crippen molar-refractivity contribution >= 4 is 10.0 Å². The summed E-state index contributed by atoms with van der Waals surface area (Å²) in [7, 11) is 0.349. The molecular formula is C14H20N6O2S. The highest BCUT2D eigenvalue weighted by Gasteiger charge is 2.37. The van der Waals surface area contributed by atoms with Gasteiger partial charge in [0.2, 0.25) is 10.0 Å². The minimum atomic E-state index is -3.57. The molecule has 0 unspecified atom stereocenters. The molecule has 23 heavy (non-hydrogen) atoms. The summed E-state index contributed by atoms with van der Waals surface area (Å²) in [5.41, 5.74) is 1.54. The fourth-order valence-electron chi connectivity index (χ4n) is 2.82. The maximum absolute atomic E-state index is 12.8. The van der Waals surface area contributed by atoms with Gasteiger partial charge in [0, 0.05) is 25.5 Å². The number of aromatic nitrogens is 4. The van der Waals surface area contributed by atoms with Crippen LogP contribution in [0, 0.1) is 0 Å². The van der Waals surface area contributed by atoms with Gasteiger partial charge in [-0.15, -0.1) is 0 Å². The number of rotatable bonds is 5. The van der Waals surface area contributed by atoms with Crippen LogP contribution in [0.1, 0.15) is 30.3 Å². The van der Waals surface area contributed by atoms with E-state index in [1.165, 1.54) is 16.7 Å². The van der Waals surface area contributed by atoms with Crippen LogP contribution >= 0.6 is 0 Å². The zero-order valence-corrected chi connectivity index (χ0v) is 14.0. The van der Waals surface area contributed by atoms with Crippen molar-refractivity contribution in [3.05, 3.63) is 36.2 Å². The number of hydrogen-bond acceptors (Lipinski definition) is 6. The van der Waals surface area contributed by atoms with E-state index in [-0.39, 0.29) is 10.9 Å². The predicted molar refractivity (Wildman–Crippen MR) is 83.9 cm³/mol. The summed E-state index contributed by atoms with van der Waals surface area (Å²) >= 11 is 0. The molecule has 0 aromatic carbocycles. The molecule has 1 atom stereocenters. The van der Waals surface area contributed by atoms with E-state index in [1.807, 2.05) is 19.0 Å². The van der Waals surface area contributed by atoms with Gasteiger partial charge in [-0.1, -0.05) is 0 Å². The number of H-pyrrole nitrogens is 1. The summed E-state index contributed by atoms with van der Waals surface area (Å²) in [6.07, 6.45) is 7.66. The Morgan fingerprint density at radius 2 is 2.17 bits per heavy atom. The second-order valence-electron chi connectivity index (χ2n) is 5.88. The van der Waals surface area contributed by atoms with Gasteiger partial charge in [0.1, 0.15) is 4.90 Å². The van der Waals surface area contributed by atoms with E-state index in [4.69, 9.17) is 0 Å². The number of aromatic amines is 1. The molecule has 2 aromatic heterocycles. The first-order chi connectivity index (χ1) is 11.0. The molecule has 1 fully saturated rings. The van der Waals surface area contributed by atoms with Crippen molar-refractivity contribution in [2.24, 2.45) is 0 Å². The van der Waals surface area contributed by atoms with Crippen molar-refractivity contribution in [2.75, 3.05) is 20.6 Å². The first-order valence-electron chi connectivity index (χ1n) is 7.44. The Morgan fingerprint density at radius 1 is 1.35 bits per heavy atom. The van der Waals surface area contributed by atoms with Gasteiger partial charge in [0.05, 0.1) is 29.8 Å². The molecule has 0 amide bonds. The summed E-state index contributed by atoms with van der Waals surface area (Å²) in [6.45, 7) is 1.15. The third-order valence-electron chi connectivity index (χ3n) is 3.81. The van der Waals surface area contributed by atoms with Gasteiger partial charge in [-0.3, -0.25) is 15.1 Å². The maximum Gasteiger partial charge on any atom is 0.246 e. The molecule has 2 aromatic rings. The lowest BCUT2D eigenvalue weighted by atomic mass is 10.1. The number of sulfonamides is 1. The second kappa shape index (κ2) is 6.34. The Hall–Kier alpha value is -1.84. The standard InChI is InChI=1S/C14H20N6O2S/c1-19(2)10-11-6-15-9-13(18-11)14-4-3-5-20(14)23(21,22)12-7-16-17-8-12/h6-9,14H,3-5,10H2,1-2H3,(H,16,17)/t14-/m1/s1. The molecule has 3 heterocycles. The molecule has 1 aliphatic rings. The maximum atomic E-state index is 12.8. The van der Waals surface area contributed by atoms with E-state index in [0.717, 1.165) is 18.5 Å². The quantitative estimate of drug-likeness (QED) is 0.867.